The van der Waals surface area contributed by atoms with Crippen LogP contribution < -0.4 is 0 Å². The van der Waals surface area contributed by atoms with E-state index in [1.54, 1.807) is 0 Å². The smallest absolute Gasteiger partial charge is 0.0716 e. The lowest BCUT2D eigenvalue weighted by atomic mass is 9.95. The highest BCUT2D eigenvalue weighted by Crippen LogP contribution is 2.41. The van der Waals surface area contributed by atoms with Gasteiger partial charge >= 0.3 is 0 Å². The van der Waals surface area contributed by atoms with Gasteiger partial charge in [0.05, 0.1) is 22.4 Å². The number of fused-ring (bicyclic) bond motifs is 6. The molecule has 3 aromatic heterocycles. The summed E-state index contributed by atoms with van der Waals surface area (Å²) in [4.78, 5) is 5.36. The highest BCUT2D eigenvalue weighted by atomic mass is 32.1. The van der Waals surface area contributed by atoms with Crippen LogP contribution in [-0.2, 0) is 0 Å². The van der Waals surface area contributed by atoms with E-state index >= 15 is 0 Å². The molecule has 10 rings (SSSR count). The first-order valence-electron chi connectivity index (χ1n) is 17.0. The van der Waals surface area contributed by atoms with Crippen molar-refractivity contribution >= 4 is 53.3 Å². The van der Waals surface area contributed by atoms with Gasteiger partial charge in [0, 0.05) is 47.8 Å². The topological polar surface area (TPSA) is 17.8 Å². The number of rotatable bonds is 5. The first-order chi connectivity index (χ1) is 24.8. The van der Waals surface area contributed by atoms with Crippen LogP contribution in [0.4, 0.5) is 0 Å². The van der Waals surface area contributed by atoms with Crippen LogP contribution in [0.5, 0.6) is 0 Å². The van der Waals surface area contributed by atoms with Crippen molar-refractivity contribution in [2.24, 2.45) is 0 Å². The van der Waals surface area contributed by atoms with E-state index in [2.05, 4.69) is 187 Å². The molecule has 0 fully saturated rings. The van der Waals surface area contributed by atoms with Gasteiger partial charge in [-0.25, -0.2) is 4.98 Å². The summed E-state index contributed by atoms with van der Waals surface area (Å²) in [6.45, 7) is 0. The van der Waals surface area contributed by atoms with Crippen LogP contribution >= 0.6 is 11.3 Å². The number of pyridine rings is 1. The Morgan fingerprint density at radius 2 is 0.980 bits per heavy atom. The zero-order valence-electron chi connectivity index (χ0n) is 27.1. The van der Waals surface area contributed by atoms with Crippen molar-refractivity contribution in [1.29, 1.82) is 0 Å². The van der Waals surface area contributed by atoms with E-state index in [0.717, 1.165) is 33.8 Å². The molecule has 0 saturated heterocycles. The average molecular weight is 655 g/mol. The van der Waals surface area contributed by atoms with Crippen molar-refractivity contribution in [2.75, 3.05) is 0 Å². The van der Waals surface area contributed by atoms with Gasteiger partial charge < -0.3 is 4.57 Å². The van der Waals surface area contributed by atoms with Crippen LogP contribution in [0, 0.1) is 0 Å². The highest BCUT2D eigenvalue weighted by molar-refractivity contribution is 7.25. The number of thiophene rings is 1. The molecule has 0 N–H and O–H groups in total. The van der Waals surface area contributed by atoms with E-state index < -0.39 is 0 Å². The molecule has 0 aliphatic rings. The van der Waals surface area contributed by atoms with Gasteiger partial charge in [0.15, 0.2) is 0 Å². The molecule has 2 nitrogen and oxygen atoms in total. The van der Waals surface area contributed by atoms with E-state index in [0.29, 0.717) is 0 Å². The summed E-state index contributed by atoms with van der Waals surface area (Å²) < 4.78 is 4.97. The summed E-state index contributed by atoms with van der Waals surface area (Å²) in [5, 5.41) is 5.08. The van der Waals surface area contributed by atoms with Crippen molar-refractivity contribution < 1.29 is 0 Å². The zero-order valence-corrected chi connectivity index (χ0v) is 27.9. The van der Waals surface area contributed by atoms with E-state index in [1.807, 2.05) is 11.3 Å². The van der Waals surface area contributed by atoms with Crippen molar-refractivity contribution in [1.82, 2.24) is 9.55 Å². The average Bonchev–Trinajstić information content (AvgIpc) is 3.74. The number of aromatic nitrogens is 2. The van der Waals surface area contributed by atoms with E-state index in [9.17, 15) is 0 Å². The molecule has 0 bridgehead atoms. The van der Waals surface area contributed by atoms with Gasteiger partial charge in [-0.3, -0.25) is 0 Å². The second kappa shape index (κ2) is 11.7. The minimum Gasteiger partial charge on any atom is -0.309 e. The standard InChI is InChI=1S/C47H30N2S/c1-3-12-31(13-4-1)32-22-24-33(25-23-32)41-28-35(29-42(48-41)34-26-27-39-38-16-8-10-21-45(38)50-46(39)30-34)37-18-11-20-44-47(37)40-17-7-9-19-43(40)49(44)36-14-5-2-6-15-36/h1-30H. The predicted octanol–water partition coefficient (Wildman–Crippen LogP) is 13.2. The van der Waals surface area contributed by atoms with Gasteiger partial charge in [0.2, 0.25) is 0 Å². The maximum Gasteiger partial charge on any atom is 0.0716 e. The first-order valence-corrected chi connectivity index (χ1v) is 17.8. The van der Waals surface area contributed by atoms with Gasteiger partial charge in [0.1, 0.15) is 0 Å². The molecular weight excluding hydrogens is 625 g/mol. The largest absolute Gasteiger partial charge is 0.309 e. The lowest BCUT2D eigenvalue weighted by Gasteiger charge is -2.13. The Bertz CT molecular complexity index is 2850. The normalized spacial score (nSPS) is 11.6. The monoisotopic (exact) mass is 654 g/mol. The van der Waals surface area contributed by atoms with Crippen molar-refractivity contribution in [3.63, 3.8) is 0 Å². The van der Waals surface area contributed by atoms with Gasteiger partial charge in [-0.05, 0) is 70.8 Å². The fraction of sp³-hybridized carbons (Fsp3) is 0. The quantitative estimate of drug-likeness (QED) is 0.181. The first kappa shape index (κ1) is 28.7. The van der Waals surface area contributed by atoms with E-state index in [1.165, 1.54) is 58.7 Å². The maximum absolute atomic E-state index is 5.36. The molecule has 10 aromatic rings. The van der Waals surface area contributed by atoms with Crippen molar-refractivity contribution in [2.45, 2.75) is 0 Å². The molecule has 3 heterocycles. The van der Waals surface area contributed by atoms with Gasteiger partial charge in [-0.1, -0.05) is 133 Å². The second-order valence-electron chi connectivity index (χ2n) is 12.8. The highest BCUT2D eigenvalue weighted by Gasteiger charge is 2.18. The summed E-state index contributed by atoms with van der Waals surface area (Å²) in [5.74, 6) is 0. The Hall–Kier alpha value is -6.29. The number of hydrogen-bond acceptors (Lipinski definition) is 2. The molecule has 0 spiro atoms. The van der Waals surface area contributed by atoms with Crippen LogP contribution in [0.25, 0.3) is 92.4 Å². The molecule has 0 amide bonds. The van der Waals surface area contributed by atoms with E-state index in [4.69, 9.17) is 4.98 Å². The third kappa shape index (κ3) is 4.74. The number of hydrogen-bond donors (Lipinski definition) is 0. The van der Waals surface area contributed by atoms with Crippen molar-refractivity contribution in [3.05, 3.63) is 182 Å². The zero-order chi connectivity index (χ0) is 33.0. The number of benzene rings is 7. The fourth-order valence-electron chi connectivity index (χ4n) is 7.45. The number of para-hydroxylation sites is 2. The molecule has 0 unspecified atom stereocenters. The van der Waals surface area contributed by atoms with Crippen LogP contribution in [0.15, 0.2) is 182 Å². The number of nitrogens with zero attached hydrogens (tertiary/aromatic N) is 2. The van der Waals surface area contributed by atoms with Crippen LogP contribution in [0.1, 0.15) is 0 Å². The Morgan fingerprint density at radius 3 is 1.80 bits per heavy atom. The molecule has 3 heteroatoms. The Morgan fingerprint density at radius 1 is 0.380 bits per heavy atom. The minimum absolute atomic E-state index is 0.956. The van der Waals surface area contributed by atoms with Gasteiger partial charge in [-0.15, -0.1) is 11.3 Å². The molecule has 0 radical (unpaired) electrons. The second-order valence-corrected chi connectivity index (χ2v) is 13.9. The summed E-state index contributed by atoms with van der Waals surface area (Å²) in [6, 6.07) is 65.5. The van der Waals surface area contributed by atoms with Crippen LogP contribution in [-0.4, -0.2) is 9.55 Å². The van der Waals surface area contributed by atoms with Crippen LogP contribution in [0.2, 0.25) is 0 Å². The summed E-state index contributed by atoms with van der Waals surface area (Å²) in [6.07, 6.45) is 0. The Kier molecular flexibility index (Phi) is 6.71. The van der Waals surface area contributed by atoms with Gasteiger partial charge in [0.25, 0.3) is 0 Å². The molecule has 50 heavy (non-hydrogen) atoms. The third-order valence-electron chi connectivity index (χ3n) is 9.81. The summed E-state index contributed by atoms with van der Waals surface area (Å²) >= 11 is 1.84. The molecule has 7 aromatic carbocycles. The lowest BCUT2D eigenvalue weighted by Crippen LogP contribution is -1.94. The van der Waals surface area contributed by atoms with Gasteiger partial charge in [-0.2, -0.15) is 0 Å². The predicted molar refractivity (Wildman–Crippen MR) is 213 cm³/mol. The minimum atomic E-state index is 0.956. The summed E-state index contributed by atoms with van der Waals surface area (Å²) in [7, 11) is 0. The molecule has 0 aliphatic carbocycles. The fourth-order valence-corrected chi connectivity index (χ4v) is 8.59. The Balaban J connectivity index is 1.20. The molecule has 0 aliphatic heterocycles. The Labute approximate surface area is 294 Å². The lowest BCUT2D eigenvalue weighted by molar-refractivity contribution is 1.18. The van der Waals surface area contributed by atoms with Crippen LogP contribution in [0.3, 0.4) is 0 Å². The molecule has 234 valence electrons. The summed E-state index contributed by atoms with van der Waals surface area (Å²) in [5.41, 5.74) is 12.4. The molecule has 0 atom stereocenters. The maximum atomic E-state index is 5.36. The van der Waals surface area contributed by atoms with E-state index in [-0.39, 0.29) is 0 Å². The van der Waals surface area contributed by atoms with Crippen molar-refractivity contribution in [3.8, 4) is 50.5 Å². The molecular formula is C47H30N2S. The third-order valence-corrected chi connectivity index (χ3v) is 10.9. The SMILES string of the molecule is c1ccc(-c2ccc(-c3cc(-c4cccc5c4c4ccccc4n5-c4ccccc4)cc(-c4ccc5c(c4)sc4ccccc45)n3)cc2)cc1. The molecule has 0 saturated carbocycles.